The third kappa shape index (κ3) is 6.49. The van der Waals surface area contributed by atoms with Crippen LogP contribution in [0.4, 0.5) is 0 Å². The van der Waals surface area contributed by atoms with E-state index in [1.165, 1.54) is 10.4 Å². The van der Waals surface area contributed by atoms with Crippen LogP contribution in [0.15, 0.2) is 60.7 Å². The fourth-order valence-corrected chi connectivity index (χ4v) is 8.93. The lowest BCUT2D eigenvalue weighted by molar-refractivity contribution is 0.0799. The van der Waals surface area contributed by atoms with E-state index in [-0.39, 0.29) is 17.6 Å². The van der Waals surface area contributed by atoms with Crippen molar-refractivity contribution in [1.82, 2.24) is 0 Å². The SMILES string of the molecule is C[C@H](CO[Si](c1ccccc1)(c1ccccc1)C(C)(C)C)C[C@@H](O)COS(C)(=O)=O. The molecule has 0 aliphatic heterocycles. The molecule has 2 aromatic carbocycles. The molecule has 2 aromatic rings. The van der Waals surface area contributed by atoms with E-state index in [1.54, 1.807) is 0 Å². The van der Waals surface area contributed by atoms with Crippen LogP contribution in [0.2, 0.25) is 5.04 Å². The highest BCUT2D eigenvalue weighted by atomic mass is 32.2. The minimum atomic E-state index is -3.57. The second kappa shape index (κ2) is 10.2. The lowest BCUT2D eigenvalue weighted by atomic mass is 10.1. The van der Waals surface area contributed by atoms with Gasteiger partial charge in [-0.15, -0.1) is 0 Å². The summed E-state index contributed by atoms with van der Waals surface area (Å²) >= 11 is 0. The number of hydrogen-bond acceptors (Lipinski definition) is 5. The average molecular weight is 451 g/mol. The Labute approximate surface area is 182 Å². The third-order valence-corrected chi connectivity index (χ3v) is 10.7. The van der Waals surface area contributed by atoms with Crippen LogP contribution in [0, 0.1) is 5.92 Å². The summed E-state index contributed by atoms with van der Waals surface area (Å²) in [6.45, 7) is 8.89. The first kappa shape index (κ1) is 24.8. The van der Waals surface area contributed by atoms with Crippen LogP contribution in [-0.2, 0) is 18.7 Å². The summed E-state index contributed by atoms with van der Waals surface area (Å²) < 4.78 is 33.9. The summed E-state index contributed by atoms with van der Waals surface area (Å²) in [5.41, 5.74) is 0. The summed E-state index contributed by atoms with van der Waals surface area (Å²) in [6.07, 6.45) is 0.515. The first-order valence-electron chi connectivity index (χ1n) is 10.2. The van der Waals surface area contributed by atoms with Crippen LogP contribution in [-0.4, -0.2) is 47.4 Å². The van der Waals surface area contributed by atoms with Crippen molar-refractivity contribution in [3.63, 3.8) is 0 Å². The quantitative estimate of drug-likeness (QED) is 0.445. The monoisotopic (exact) mass is 450 g/mol. The Morgan fingerprint density at radius 1 is 0.933 bits per heavy atom. The molecule has 0 radical (unpaired) electrons. The number of aliphatic hydroxyl groups excluding tert-OH is 1. The Morgan fingerprint density at radius 3 is 1.80 bits per heavy atom. The molecule has 0 amide bonds. The Bertz CT molecular complexity index is 839. The predicted molar refractivity (Wildman–Crippen MR) is 124 cm³/mol. The van der Waals surface area contributed by atoms with Crippen molar-refractivity contribution in [1.29, 1.82) is 0 Å². The Hall–Kier alpha value is -1.51. The van der Waals surface area contributed by atoms with Crippen molar-refractivity contribution in [2.45, 2.75) is 45.3 Å². The van der Waals surface area contributed by atoms with E-state index in [0.29, 0.717) is 13.0 Å². The predicted octanol–water partition coefficient (Wildman–Crippen LogP) is 2.93. The topological polar surface area (TPSA) is 72.8 Å². The van der Waals surface area contributed by atoms with Crippen LogP contribution in [0.5, 0.6) is 0 Å². The molecule has 30 heavy (non-hydrogen) atoms. The molecule has 0 saturated carbocycles. The molecular weight excluding hydrogens is 416 g/mol. The highest BCUT2D eigenvalue weighted by molar-refractivity contribution is 7.85. The van der Waals surface area contributed by atoms with Crippen molar-refractivity contribution in [2.75, 3.05) is 19.5 Å². The minimum absolute atomic E-state index is 0.0322. The largest absolute Gasteiger partial charge is 0.407 e. The Balaban J connectivity index is 2.26. The summed E-state index contributed by atoms with van der Waals surface area (Å²) in [4.78, 5) is 0. The van der Waals surface area contributed by atoms with E-state index in [1.807, 2.05) is 43.3 Å². The molecule has 0 spiro atoms. The zero-order valence-electron chi connectivity index (χ0n) is 18.5. The van der Waals surface area contributed by atoms with Crippen molar-refractivity contribution in [2.24, 2.45) is 5.92 Å². The van der Waals surface area contributed by atoms with Gasteiger partial charge in [0.05, 0.1) is 19.0 Å². The van der Waals surface area contributed by atoms with Gasteiger partial charge in [0.25, 0.3) is 18.4 Å². The second-order valence-corrected chi connectivity index (χ2v) is 14.9. The molecule has 7 heteroatoms. The molecule has 166 valence electrons. The maximum atomic E-state index is 11.2. The minimum Gasteiger partial charge on any atom is -0.407 e. The van der Waals surface area contributed by atoms with Gasteiger partial charge in [0, 0.05) is 6.61 Å². The molecule has 0 aliphatic rings. The number of aliphatic hydroxyl groups is 1. The van der Waals surface area contributed by atoms with Gasteiger partial charge in [-0.2, -0.15) is 8.42 Å². The maximum absolute atomic E-state index is 11.2. The van der Waals surface area contributed by atoms with Crippen LogP contribution in [0.25, 0.3) is 0 Å². The van der Waals surface area contributed by atoms with Crippen molar-refractivity contribution in [3.8, 4) is 0 Å². The van der Waals surface area contributed by atoms with E-state index in [0.717, 1.165) is 6.26 Å². The fourth-order valence-electron chi connectivity index (χ4n) is 3.83. The highest BCUT2D eigenvalue weighted by Gasteiger charge is 2.50. The molecule has 2 rings (SSSR count). The van der Waals surface area contributed by atoms with E-state index >= 15 is 0 Å². The number of rotatable bonds is 10. The normalized spacial score (nSPS) is 15.0. The lowest BCUT2D eigenvalue weighted by Crippen LogP contribution is -2.66. The van der Waals surface area contributed by atoms with Crippen LogP contribution >= 0.6 is 0 Å². The van der Waals surface area contributed by atoms with Gasteiger partial charge in [-0.05, 0) is 27.8 Å². The Morgan fingerprint density at radius 2 is 1.40 bits per heavy atom. The molecule has 1 N–H and O–H groups in total. The van der Waals surface area contributed by atoms with Gasteiger partial charge < -0.3 is 9.53 Å². The lowest BCUT2D eigenvalue weighted by Gasteiger charge is -2.43. The Kier molecular flexibility index (Phi) is 8.41. The van der Waals surface area contributed by atoms with Gasteiger partial charge in [0.1, 0.15) is 0 Å². The molecule has 2 atom stereocenters. The van der Waals surface area contributed by atoms with Gasteiger partial charge in [-0.1, -0.05) is 88.4 Å². The van der Waals surface area contributed by atoms with Crippen LogP contribution < -0.4 is 10.4 Å². The summed E-state index contributed by atoms with van der Waals surface area (Å²) in [5.74, 6) is 0.0322. The van der Waals surface area contributed by atoms with Gasteiger partial charge in [0.15, 0.2) is 0 Å². The van der Waals surface area contributed by atoms with Crippen molar-refractivity contribution < 1.29 is 22.1 Å². The van der Waals surface area contributed by atoms with Gasteiger partial charge in [-0.25, -0.2) is 0 Å². The summed E-state index contributed by atoms with van der Waals surface area (Å²) in [6, 6.07) is 20.8. The second-order valence-electron chi connectivity index (χ2n) is 8.96. The maximum Gasteiger partial charge on any atom is 0.264 e. The molecule has 0 unspecified atom stereocenters. The standard InChI is InChI=1S/C23H34O5SSi/c1-19(16-20(24)18-27-29(5,25)26)17-28-30(23(2,3)4,21-12-8-6-9-13-21)22-14-10-7-11-15-22/h6-15,19-20,24H,16-18H2,1-5H3/t19-,20+/m0/s1. The number of hydrogen-bond donors (Lipinski definition) is 1. The van der Waals surface area contributed by atoms with Crippen molar-refractivity contribution >= 4 is 28.8 Å². The summed E-state index contributed by atoms with van der Waals surface area (Å²) in [5, 5.41) is 12.5. The molecule has 0 fully saturated rings. The van der Waals surface area contributed by atoms with Gasteiger partial charge >= 0.3 is 0 Å². The van der Waals surface area contributed by atoms with Gasteiger partial charge in [0.2, 0.25) is 0 Å². The van der Waals surface area contributed by atoms with E-state index in [9.17, 15) is 13.5 Å². The van der Waals surface area contributed by atoms with E-state index < -0.39 is 24.5 Å². The molecule has 0 aromatic heterocycles. The average Bonchev–Trinajstić information content (AvgIpc) is 2.67. The molecule has 0 saturated heterocycles. The molecular formula is C23H34O5SSi. The van der Waals surface area contributed by atoms with Crippen LogP contribution in [0.3, 0.4) is 0 Å². The van der Waals surface area contributed by atoms with E-state index in [4.69, 9.17) is 8.61 Å². The van der Waals surface area contributed by atoms with E-state index in [2.05, 4.69) is 45.0 Å². The first-order chi connectivity index (χ1) is 14.0. The van der Waals surface area contributed by atoms with Crippen molar-refractivity contribution in [3.05, 3.63) is 60.7 Å². The summed E-state index contributed by atoms with van der Waals surface area (Å²) in [7, 11) is -6.19. The fraction of sp³-hybridized carbons (Fsp3) is 0.478. The smallest absolute Gasteiger partial charge is 0.264 e. The highest BCUT2D eigenvalue weighted by Crippen LogP contribution is 2.37. The zero-order valence-corrected chi connectivity index (χ0v) is 20.4. The van der Waals surface area contributed by atoms with Gasteiger partial charge in [-0.3, -0.25) is 4.18 Å². The third-order valence-electron chi connectivity index (χ3n) is 5.15. The molecule has 5 nitrogen and oxygen atoms in total. The van der Waals surface area contributed by atoms with Crippen LogP contribution in [0.1, 0.15) is 34.1 Å². The zero-order chi connectivity index (χ0) is 22.4. The molecule has 0 aliphatic carbocycles. The molecule has 0 heterocycles. The number of benzene rings is 2. The first-order valence-corrected chi connectivity index (χ1v) is 14.0. The molecule has 0 bridgehead atoms.